The molecule has 0 aliphatic heterocycles. The SMILES string of the molecule is CC(Oc1ccc2ccccc2c1)C(=O)NNC(=O)C1CC1c1ccc(Br)cc1. The maximum absolute atomic E-state index is 12.3. The minimum atomic E-state index is -0.738. The molecule has 3 aromatic rings. The van der Waals surface area contributed by atoms with E-state index in [1.54, 1.807) is 6.92 Å². The third kappa shape index (κ3) is 4.59. The fourth-order valence-corrected chi connectivity index (χ4v) is 3.64. The molecule has 0 heterocycles. The fraction of sp³-hybridized carbons (Fsp3) is 0.217. The van der Waals surface area contributed by atoms with Gasteiger partial charge in [-0.2, -0.15) is 0 Å². The van der Waals surface area contributed by atoms with Crippen LogP contribution in [0.1, 0.15) is 24.8 Å². The summed E-state index contributed by atoms with van der Waals surface area (Å²) in [5.74, 6) is 0.117. The van der Waals surface area contributed by atoms with Crippen molar-refractivity contribution >= 4 is 38.5 Å². The molecule has 5 nitrogen and oxygen atoms in total. The lowest BCUT2D eigenvalue weighted by molar-refractivity contribution is -0.133. The molecule has 3 aromatic carbocycles. The van der Waals surface area contributed by atoms with Crippen molar-refractivity contribution in [1.82, 2.24) is 10.9 Å². The number of hydrazine groups is 1. The molecule has 2 amide bonds. The molecule has 0 radical (unpaired) electrons. The van der Waals surface area contributed by atoms with Crippen LogP contribution in [0.15, 0.2) is 71.2 Å². The van der Waals surface area contributed by atoms with Gasteiger partial charge in [0.15, 0.2) is 6.10 Å². The van der Waals surface area contributed by atoms with Crippen LogP contribution in [0.25, 0.3) is 10.8 Å². The highest BCUT2D eigenvalue weighted by atomic mass is 79.9. The number of rotatable bonds is 5. The third-order valence-electron chi connectivity index (χ3n) is 5.14. The summed E-state index contributed by atoms with van der Waals surface area (Å²) in [6.45, 7) is 1.65. The molecule has 4 rings (SSSR count). The Morgan fingerprint density at radius 2 is 1.72 bits per heavy atom. The summed E-state index contributed by atoms with van der Waals surface area (Å²) in [5.41, 5.74) is 6.13. The van der Waals surface area contributed by atoms with Crippen molar-refractivity contribution in [2.24, 2.45) is 5.92 Å². The molecule has 6 heteroatoms. The van der Waals surface area contributed by atoms with Crippen LogP contribution in [0.5, 0.6) is 5.75 Å². The average Bonchev–Trinajstić information content (AvgIpc) is 3.53. The highest BCUT2D eigenvalue weighted by Crippen LogP contribution is 2.47. The van der Waals surface area contributed by atoms with Gasteiger partial charge in [-0.1, -0.05) is 58.4 Å². The van der Waals surface area contributed by atoms with E-state index in [4.69, 9.17) is 4.74 Å². The van der Waals surface area contributed by atoms with Gasteiger partial charge in [0, 0.05) is 10.4 Å². The zero-order valence-corrected chi connectivity index (χ0v) is 17.5. The second-order valence-corrected chi connectivity index (χ2v) is 8.16. The fourth-order valence-electron chi connectivity index (χ4n) is 3.38. The largest absolute Gasteiger partial charge is 0.481 e. The molecule has 0 aromatic heterocycles. The Bertz CT molecular complexity index is 1050. The summed E-state index contributed by atoms with van der Waals surface area (Å²) in [5, 5.41) is 2.15. The average molecular weight is 453 g/mol. The minimum absolute atomic E-state index is 0.117. The Hall–Kier alpha value is -2.86. The molecule has 3 unspecified atom stereocenters. The smallest absolute Gasteiger partial charge is 0.279 e. The first-order chi connectivity index (χ1) is 14.0. The lowest BCUT2D eigenvalue weighted by Crippen LogP contribution is -2.47. The lowest BCUT2D eigenvalue weighted by Gasteiger charge is -2.15. The summed E-state index contributed by atoms with van der Waals surface area (Å²) in [4.78, 5) is 24.6. The maximum Gasteiger partial charge on any atom is 0.279 e. The molecule has 29 heavy (non-hydrogen) atoms. The molecule has 0 spiro atoms. The first-order valence-corrected chi connectivity index (χ1v) is 10.3. The van der Waals surface area contributed by atoms with Crippen LogP contribution < -0.4 is 15.6 Å². The van der Waals surface area contributed by atoms with Crippen LogP contribution >= 0.6 is 15.9 Å². The predicted molar refractivity (Wildman–Crippen MR) is 115 cm³/mol. The molecule has 2 N–H and O–H groups in total. The van der Waals surface area contributed by atoms with Gasteiger partial charge in [0.1, 0.15) is 5.75 Å². The quantitative estimate of drug-likeness (QED) is 0.566. The first kappa shape index (κ1) is 19.5. The Kier molecular flexibility index (Phi) is 5.53. The number of nitrogens with one attached hydrogen (secondary N) is 2. The van der Waals surface area contributed by atoms with Crippen molar-refractivity contribution < 1.29 is 14.3 Å². The van der Waals surface area contributed by atoms with Crippen LogP contribution in [0, 0.1) is 5.92 Å². The van der Waals surface area contributed by atoms with E-state index < -0.39 is 12.0 Å². The zero-order valence-electron chi connectivity index (χ0n) is 15.9. The molecular weight excluding hydrogens is 432 g/mol. The molecular formula is C23H21BrN2O3. The standard InChI is InChI=1S/C23H21BrN2O3/c1-14(29-19-11-8-15-4-2-3-5-17(15)12-19)22(27)25-26-23(28)21-13-20(21)16-6-9-18(24)10-7-16/h2-12,14,20-21H,13H2,1H3,(H,25,27)(H,26,28). The summed E-state index contributed by atoms with van der Waals surface area (Å²) < 4.78 is 6.74. The molecule has 1 saturated carbocycles. The summed E-state index contributed by atoms with van der Waals surface area (Å²) in [6, 6.07) is 21.6. The maximum atomic E-state index is 12.3. The number of hydrogen-bond acceptors (Lipinski definition) is 3. The van der Waals surface area contributed by atoms with E-state index in [1.807, 2.05) is 66.7 Å². The van der Waals surface area contributed by atoms with E-state index in [9.17, 15) is 9.59 Å². The van der Waals surface area contributed by atoms with Gasteiger partial charge in [-0.05, 0) is 59.9 Å². The Balaban J connectivity index is 1.27. The number of halogens is 1. The predicted octanol–water partition coefficient (Wildman–Crippen LogP) is 4.32. The van der Waals surface area contributed by atoms with Gasteiger partial charge in [0.25, 0.3) is 5.91 Å². The Morgan fingerprint density at radius 3 is 2.48 bits per heavy atom. The third-order valence-corrected chi connectivity index (χ3v) is 5.67. The molecule has 1 aliphatic carbocycles. The summed E-state index contributed by atoms with van der Waals surface area (Å²) in [7, 11) is 0. The van der Waals surface area contributed by atoms with Crippen LogP contribution in [0.4, 0.5) is 0 Å². The zero-order chi connectivity index (χ0) is 20.4. The summed E-state index contributed by atoms with van der Waals surface area (Å²) in [6.07, 6.45) is 0.0462. The van der Waals surface area contributed by atoms with Gasteiger partial charge in [-0.25, -0.2) is 0 Å². The number of amides is 2. The second-order valence-electron chi connectivity index (χ2n) is 7.25. The first-order valence-electron chi connectivity index (χ1n) is 9.52. The van der Waals surface area contributed by atoms with Crippen LogP contribution in [0.2, 0.25) is 0 Å². The van der Waals surface area contributed by atoms with Gasteiger partial charge >= 0.3 is 0 Å². The van der Waals surface area contributed by atoms with Crippen molar-refractivity contribution in [3.63, 3.8) is 0 Å². The van der Waals surface area contributed by atoms with Crippen molar-refractivity contribution in [3.8, 4) is 5.75 Å². The number of carbonyl (C=O) groups excluding carboxylic acids is 2. The monoisotopic (exact) mass is 452 g/mol. The van der Waals surface area contributed by atoms with Crippen molar-refractivity contribution in [2.45, 2.75) is 25.4 Å². The molecule has 3 atom stereocenters. The molecule has 1 aliphatic rings. The highest BCUT2D eigenvalue weighted by Gasteiger charge is 2.44. The van der Waals surface area contributed by atoms with Crippen LogP contribution in [-0.2, 0) is 9.59 Å². The van der Waals surface area contributed by atoms with Gasteiger partial charge in [0.05, 0.1) is 0 Å². The number of carbonyl (C=O) groups is 2. The molecule has 0 saturated heterocycles. The van der Waals surface area contributed by atoms with Gasteiger partial charge in [0.2, 0.25) is 5.91 Å². The van der Waals surface area contributed by atoms with E-state index in [0.717, 1.165) is 27.2 Å². The van der Waals surface area contributed by atoms with E-state index in [0.29, 0.717) is 5.75 Å². The molecule has 1 fully saturated rings. The van der Waals surface area contributed by atoms with E-state index >= 15 is 0 Å². The van der Waals surface area contributed by atoms with Crippen LogP contribution in [-0.4, -0.2) is 17.9 Å². The van der Waals surface area contributed by atoms with E-state index in [2.05, 4.69) is 26.8 Å². The second kappa shape index (κ2) is 8.25. The lowest BCUT2D eigenvalue weighted by atomic mass is 10.1. The topological polar surface area (TPSA) is 67.4 Å². The number of hydrogen-bond donors (Lipinski definition) is 2. The minimum Gasteiger partial charge on any atom is -0.481 e. The van der Waals surface area contributed by atoms with Gasteiger partial charge in [-0.3, -0.25) is 20.4 Å². The Morgan fingerprint density at radius 1 is 1.00 bits per heavy atom. The van der Waals surface area contributed by atoms with Gasteiger partial charge < -0.3 is 4.74 Å². The molecule has 0 bridgehead atoms. The van der Waals surface area contributed by atoms with E-state index in [1.165, 1.54) is 0 Å². The van der Waals surface area contributed by atoms with Crippen molar-refractivity contribution in [1.29, 1.82) is 0 Å². The van der Waals surface area contributed by atoms with E-state index in [-0.39, 0.29) is 17.7 Å². The Labute approximate surface area is 177 Å². The number of benzene rings is 3. The number of fused-ring (bicyclic) bond motifs is 1. The van der Waals surface area contributed by atoms with Gasteiger partial charge in [-0.15, -0.1) is 0 Å². The number of ether oxygens (including phenoxy) is 1. The summed E-state index contributed by atoms with van der Waals surface area (Å²) >= 11 is 3.41. The van der Waals surface area contributed by atoms with Crippen molar-refractivity contribution in [2.75, 3.05) is 0 Å². The van der Waals surface area contributed by atoms with Crippen molar-refractivity contribution in [3.05, 3.63) is 76.8 Å². The molecule has 148 valence electrons. The normalized spacial score (nSPS) is 18.7. The van der Waals surface area contributed by atoms with Crippen LogP contribution in [0.3, 0.4) is 0 Å². The highest BCUT2D eigenvalue weighted by molar-refractivity contribution is 9.10.